The zero-order valence-corrected chi connectivity index (χ0v) is 12.6. The standard InChI is InChI=1S/C13H17BrN4O/c1-3-6-15-8-12-17-18-13(19-12)16-11-5-4-10(14)7-9(11)2/h4-5,7,15H,3,6,8H2,1-2H3,(H,16,18). The summed E-state index contributed by atoms with van der Waals surface area (Å²) in [7, 11) is 0. The highest BCUT2D eigenvalue weighted by molar-refractivity contribution is 9.10. The van der Waals surface area contributed by atoms with Crippen LogP contribution in [0.25, 0.3) is 0 Å². The zero-order chi connectivity index (χ0) is 13.7. The zero-order valence-electron chi connectivity index (χ0n) is 11.0. The lowest BCUT2D eigenvalue weighted by Gasteiger charge is -2.05. The van der Waals surface area contributed by atoms with Gasteiger partial charge in [0.25, 0.3) is 0 Å². The molecule has 1 aromatic carbocycles. The molecule has 0 bridgehead atoms. The number of anilines is 2. The number of nitrogens with zero attached hydrogens (tertiary/aromatic N) is 2. The summed E-state index contributed by atoms with van der Waals surface area (Å²) in [5, 5.41) is 14.3. The summed E-state index contributed by atoms with van der Waals surface area (Å²) in [5.74, 6) is 0.589. The summed E-state index contributed by atoms with van der Waals surface area (Å²) in [4.78, 5) is 0. The third-order valence-corrected chi connectivity index (χ3v) is 3.09. The first kappa shape index (κ1) is 14.0. The molecule has 0 spiro atoms. The molecule has 1 heterocycles. The third-order valence-electron chi connectivity index (χ3n) is 2.60. The molecular formula is C13H17BrN4O. The van der Waals surface area contributed by atoms with Gasteiger partial charge in [0, 0.05) is 10.2 Å². The number of halogens is 1. The Kier molecular flexibility index (Phi) is 4.93. The summed E-state index contributed by atoms with van der Waals surface area (Å²) in [6, 6.07) is 6.38. The molecule has 5 nitrogen and oxygen atoms in total. The van der Waals surface area contributed by atoms with Gasteiger partial charge in [0.2, 0.25) is 5.89 Å². The summed E-state index contributed by atoms with van der Waals surface area (Å²) in [6.07, 6.45) is 1.08. The second-order valence-electron chi connectivity index (χ2n) is 4.26. The molecule has 19 heavy (non-hydrogen) atoms. The topological polar surface area (TPSA) is 63.0 Å². The van der Waals surface area contributed by atoms with Crippen LogP contribution in [0.4, 0.5) is 11.7 Å². The third kappa shape index (κ3) is 4.04. The molecule has 1 aromatic heterocycles. The van der Waals surface area contributed by atoms with Gasteiger partial charge in [0.15, 0.2) is 0 Å². The quantitative estimate of drug-likeness (QED) is 0.797. The van der Waals surface area contributed by atoms with Gasteiger partial charge in [-0.3, -0.25) is 0 Å². The van der Waals surface area contributed by atoms with Gasteiger partial charge in [-0.1, -0.05) is 28.0 Å². The van der Waals surface area contributed by atoms with Crippen LogP contribution in [0.1, 0.15) is 24.8 Å². The fourth-order valence-corrected chi connectivity index (χ4v) is 2.11. The van der Waals surface area contributed by atoms with Crippen molar-refractivity contribution >= 4 is 27.6 Å². The van der Waals surface area contributed by atoms with Crippen LogP contribution in [0, 0.1) is 6.92 Å². The van der Waals surface area contributed by atoms with Crippen molar-refractivity contribution in [2.45, 2.75) is 26.8 Å². The maximum absolute atomic E-state index is 5.51. The number of nitrogens with one attached hydrogen (secondary N) is 2. The first-order valence-electron chi connectivity index (χ1n) is 6.25. The lowest BCUT2D eigenvalue weighted by atomic mass is 10.2. The van der Waals surface area contributed by atoms with Crippen molar-refractivity contribution < 1.29 is 4.42 Å². The van der Waals surface area contributed by atoms with Crippen LogP contribution in [0.2, 0.25) is 0 Å². The van der Waals surface area contributed by atoms with Crippen molar-refractivity contribution in [3.63, 3.8) is 0 Å². The summed E-state index contributed by atoms with van der Waals surface area (Å²) in [5.41, 5.74) is 2.07. The van der Waals surface area contributed by atoms with E-state index in [0.29, 0.717) is 18.5 Å². The second-order valence-corrected chi connectivity index (χ2v) is 5.18. The van der Waals surface area contributed by atoms with Crippen molar-refractivity contribution in [2.24, 2.45) is 0 Å². The van der Waals surface area contributed by atoms with Crippen LogP contribution in [0.5, 0.6) is 0 Å². The Hall–Kier alpha value is -1.40. The number of aryl methyl sites for hydroxylation is 1. The van der Waals surface area contributed by atoms with E-state index in [4.69, 9.17) is 4.42 Å². The van der Waals surface area contributed by atoms with Crippen molar-refractivity contribution in [3.05, 3.63) is 34.1 Å². The lowest BCUT2D eigenvalue weighted by Crippen LogP contribution is -2.13. The van der Waals surface area contributed by atoms with Crippen LogP contribution in [-0.4, -0.2) is 16.7 Å². The highest BCUT2D eigenvalue weighted by Crippen LogP contribution is 2.23. The minimum Gasteiger partial charge on any atom is -0.406 e. The lowest BCUT2D eigenvalue weighted by molar-refractivity contribution is 0.479. The maximum atomic E-state index is 5.51. The van der Waals surface area contributed by atoms with E-state index in [1.165, 1.54) is 0 Å². The second kappa shape index (κ2) is 6.68. The molecule has 2 N–H and O–H groups in total. The number of aromatic nitrogens is 2. The normalized spacial score (nSPS) is 10.7. The van der Waals surface area contributed by atoms with Crippen LogP contribution in [-0.2, 0) is 6.54 Å². The first-order valence-corrected chi connectivity index (χ1v) is 7.04. The monoisotopic (exact) mass is 324 g/mol. The average molecular weight is 325 g/mol. The predicted molar refractivity (Wildman–Crippen MR) is 78.5 cm³/mol. The highest BCUT2D eigenvalue weighted by Gasteiger charge is 2.07. The average Bonchev–Trinajstić information content (AvgIpc) is 2.81. The molecule has 0 aliphatic rings. The highest BCUT2D eigenvalue weighted by atomic mass is 79.9. The van der Waals surface area contributed by atoms with Crippen molar-refractivity contribution in [1.29, 1.82) is 0 Å². The molecule has 6 heteroatoms. The molecule has 0 aliphatic heterocycles. The Morgan fingerprint density at radius 1 is 1.32 bits per heavy atom. The van der Waals surface area contributed by atoms with Gasteiger partial charge in [0.05, 0.1) is 6.54 Å². The predicted octanol–water partition coefficient (Wildman–Crippen LogP) is 3.38. The van der Waals surface area contributed by atoms with Gasteiger partial charge in [0.1, 0.15) is 0 Å². The Morgan fingerprint density at radius 2 is 2.16 bits per heavy atom. The van der Waals surface area contributed by atoms with E-state index < -0.39 is 0 Å². The number of rotatable bonds is 6. The Labute approximate surface area is 120 Å². The Morgan fingerprint density at radius 3 is 2.89 bits per heavy atom. The largest absolute Gasteiger partial charge is 0.406 e. The number of hydrogen-bond donors (Lipinski definition) is 2. The van der Waals surface area contributed by atoms with E-state index in [9.17, 15) is 0 Å². The van der Waals surface area contributed by atoms with Gasteiger partial charge in [-0.2, -0.15) is 0 Å². The molecule has 0 amide bonds. The molecule has 0 atom stereocenters. The van der Waals surface area contributed by atoms with Gasteiger partial charge >= 0.3 is 6.01 Å². The van der Waals surface area contributed by atoms with E-state index in [1.54, 1.807) is 0 Å². The SMILES string of the molecule is CCCNCc1nnc(Nc2ccc(Br)cc2C)o1. The summed E-state index contributed by atoms with van der Waals surface area (Å²) < 4.78 is 6.56. The van der Waals surface area contributed by atoms with Gasteiger partial charge in [-0.05, 0) is 43.7 Å². The van der Waals surface area contributed by atoms with E-state index in [2.05, 4.69) is 43.7 Å². The van der Waals surface area contributed by atoms with Crippen molar-refractivity contribution in [2.75, 3.05) is 11.9 Å². The molecule has 0 aliphatic carbocycles. The molecule has 102 valence electrons. The summed E-state index contributed by atoms with van der Waals surface area (Å²) >= 11 is 3.43. The summed E-state index contributed by atoms with van der Waals surface area (Å²) in [6.45, 7) is 5.68. The molecule has 0 saturated heterocycles. The fraction of sp³-hybridized carbons (Fsp3) is 0.385. The van der Waals surface area contributed by atoms with E-state index in [0.717, 1.165) is 28.7 Å². The molecular weight excluding hydrogens is 308 g/mol. The minimum atomic E-state index is 0.415. The molecule has 0 radical (unpaired) electrons. The minimum absolute atomic E-state index is 0.415. The molecule has 0 saturated carbocycles. The van der Waals surface area contributed by atoms with E-state index in [-0.39, 0.29) is 0 Å². The van der Waals surface area contributed by atoms with Crippen LogP contribution in [0.3, 0.4) is 0 Å². The number of benzene rings is 1. The van der Waals surface area contributed by atoms with E-state index >= 15 is 0 Å². The van der Waals surface area contributed by atoms with Crippen molar-refractivity contribution in [3.8, 4) is 0 Å². The van der Waals surface area contributed by atoms with Crippen LogP contribution >= 0.6 is 15.9 Å². The van der Waals surface area contributed by atoms with Crippen LogP contribution in [0.15, 0.2) is 27.1 Å². The van der Waals surface area contributed by atoms with Gasteiger partial charge < -0.3 is 15.1 Å². The van der Waals surface area contributed by atoms with E-state index in [1.807, 2.05) is 25.1 Å². The molecule has 2 aromatic rings. The fourth-order valence-electron chi connectivity index (χ4n) is 1.63. The molecule has 0 fully saturated rings. The number of hydrogen-bond acceptors (Lipinski definition) is 5. The van der Waals surface area contributed by atoms with Crippen LogP contribution < -0.4 is 10.6 Å². The molecule has 0 unspecified atom stereocenters. The first-order chi connectivity index (χ1) is 9.19. The van der Waals surface area contributed by atoms with Gasteiger partial charge in [-0.15, -0.1) is 5.10 Å². The van der Waals surface area contributed by atoms with Gasteiger partial charge in [-0.25, -0.2) is 0 Å². The Bertz CT molecular complexity index is 541. The molecule has 2 rings (SSSR count). The smallest absolute Gasteiger partial charge is 0.320 e. The van der Waals surface area contributed by atoms with Crippen molar-refractivity contribution in [1.82, 2.24) is 15.5 Å². The Balaban J connectivity index is 1.99. The maximum Gasteiger partial charge on any atom is 0.320 e.